The maximum absolute atomic E-state index is 14.1. The lowest BCUT2D eigenvalue weighted by atomic mass is 9.95. The Bertz CT molecular complexity index is 1480. The van der Waals surface area contributed by atoms with Gasteiger partial charge in [0.15, 0.2) is 9.99 Å². The fourth-order valence-corrected chi connectivity index (χ4v) is 5.95. The van der Waals surface area contributed by atoms with E-state index in [0.717, 1.165) is 15.1 Å². The molecule has 0 aliphatic heterocycles. The summed E-state index contributed by atoms with van der Waals surface area (Å²) in [6, 6.07) is 10.4. The van der Waals surface area contributed by atoms with E-state index in [2.05, 4.69) is 9.71 Å². The second kappa shape index (κ2) is 11.0. The normalized spacial score (nSPS) is 13.5. The third-order valence-corrected chi connectivity index (χ3v) is 9.05. The summed E-state index contributed by atoms with van der Waals surface area (Å²) in [7, 11) is 0. The number of pyridine rings is 1. The highest BCUT2D eigenvalue weighted by Gasteiger charge is 2.32. The zero-order chi connectivity index (χ0) is 26.9. The van der Waals surface area contributed by atoms with Crippen LogP contribution in [0.2, 0.25) is 0 Å². The summed E-state index contributed by atoms with van der Waals surface area (Å²) in [4.78, 5) is 9.35. The molecule has 1 unspecified atom stereocenters. The number of thiazole rings is 1. The van der Waals surface area contributed by atoms with Crippen LogP contribution in [0.4, 0.5) is 13.2 Å². The minimum Gasteiger partial charge on any atom is -0.598 e. The fourth-order valence-electron chi connectivity index (χ4n) is 3.68. The molecule has 192 valence electrons. The van der Waals surface area contributed by atoms with Crippen LogP contribution in [0.15, 0.2) is 46.8 Å². The molecule has 5 nitrogen and oxygen atoms in total. The number of aromatic nitrogens is 2. The van der Waals surface area contributed by atoms with Crippen LogP contribution >= 0.6 is 23.1 Å². The van der Waals surface area contributed by atoms with E-state index in [1.165, 1.54) is 47.4 Å². The summed E-state index contributed by atoms with van der Waals surface area (Å²) < 4.78 is 59.4. The van der Waals surface area contributed by atoms with Crippen LogP contribution in [-0.4, -0.2) is 25.5 Å². The number of halogens is 3. The van der Waals surface area contributed by atoms with Crippen molar-refractivity contribution in [1.82, 2.24) is 14.7 Å². The minimum atomic E-state index is -1.57. The maximum atomic E-state index is 14.1. The van der Waals surface area contributed by atoms with E-state index in [4.69, 9.17) is 4.98 Å². The first kappa shape index (κ1) is 27.4. The van der Waals surface area contributed by atoms with Gasteiger partial charge >= 0.3 is 0 Å². The molecule has 0 amide bonds. The number of nitrogens with zero attached hydrogens (tertiary/aromatic N) is 3. The second-order valence-corrected chi connectivity index (χ2v) is 13.3. The second-order valence-electron chi connectivity index (χ2n) is 9.27. The Hall–Kier alpha value is -2.62. The first-order valence-corrected chi connectivity index (χ1v) is 14.4. The van der Waals surface area contributed by atoms with E-state index in [9.17, 15) is 23.0 Å². The van der Waals surface area contributed by atoms with Crippen molar-refractivity contribution in [2.24, 2.45) is 0 Å². The van der Waals surface area contributed by atoms with Crippen LogP contribution in [0.5, 0.6) is 0 Å². The van der Waals surface area contributed by atoms with Gasteiger partial charge in [-0.05, 0) is 74.9 Å². The van der Waals surface area contributed by atoms with Crippen molar-refractivity contribution in [3.05, 3.63) is 76.7 Å². The Balaban J connectivity index is 1.94. The molecule has 0 radical (unpaired) electrons. The predicted octanol–water partition coefficient (Wildman–Crippen LogP) is 6.70. The average molecular weight is 561 g/mol. The summed E-state index contributed by atoms with van der Waals surface area (Å²) in [6.07, 6.45) is 1.96. The molecule has 2 aromatic heterocycles. The first-order chi connectivity index (χ1) is 17.5. The number of hydrogen-bond acceptors (Lipinski definition) is 7. The number of thioether (sulfide) groups is 1. The van der Waals surface area contributed by atoms with E-state index < -0.39 is 39.6 Å². The van der Waals surface area contributed by atoms with Crippen LogP contribution in [-0.2, 0) is 17.8 Å². The first-order valence-electron chi connectivity index (χ1n) is 11.2. The molecule has 2 atom stereocenters. The van der Waals surface area contributed by atoms with Gasteiger partial charge in [0.1, 0.15) is 28.3 Å². The van der Waals surface area contributed by atoms with Crippen molar-refractivity contribution in [2.75, 3.05) is 6.26 Å². The molecular weight excluding hydrogens is 538 g/mol. The largest absolute Gasteiger partial charge is 0.598 e. The van der Waals surface area contributed by atoms with Crippen molar-refractivity contribution in [2.45, 2.75) is 42.3 Å². The number of nitrogens with one attached hydrogen (secondary N) is 1. The number of hydrogen-bond donors (Lipinski definition) is 1. The Labute approximate surface area is 224 Å². The Morgan fingerprint density at radius 2 is 1.81 bits per heavy atom. The molecule has 4 rings (SSSR count). The standard InChI is InChI=1S/C26H23F3N4OS3/c1-26(2,3)37(34)33-21(9-14-7-17(27)11-18(28)8-14)23-19(15-5-6-20(29)16(10-15)13-30)12-22-24(31-23)32-25(35-4)36-22/h5-8,10-12,21,33H,9H2,1-4H3/t21-,37?/m0/s1. The molecule has 0 spiro atoms. The van der Waals surface area contributed by atoms with E-state index >= 15 is 0 Å². The third kappa shape index (κ3) is 6.27. The van der Waals surface area contributed by atoms with Gasteiger partial charge in [-0.2, -0.15) is 5.26 Å². The van der Waals surface area contributed by atoms with Crippen LogP contribution in [0.1, 0.15) is 43.6 Å². The molecule has 0 fully saturated rings. The monoisotopic (exact) mass is 560 g/mol. The van der Waals surface area contributed by atoms with Gasteiger partial charge in [0, 0.05) is 23.0 Å². The third-order valence-electron chi connectivity index (χ3n) is 5.46. The SMILES string of the molecule is CSc1nc2nc([C@H](Cc3cc(F)cc(F)c3)N[S+]([O-])C(C)(C)C)c(-c3ccc(F)c(C#N)c3)cc2s1. The molecule has 11 heteroatoms. The van der Waals surface area contributed by atoms with Gasteiger partial charge in [-0.1, -0.05) is 17.8 Å². The molecule has 37 heavy (non-hydrogen) atoms. The molecule has 2 heterocycles. The predicted molar refractivity (Wildman–Crippen MR) is 143 cm³/mol. The van der Waals surface area contributed by atoms with E-state index in [1.54, 1.807) is 26.8 Å². The molecule has 2 aromatic carbocycles. The Morgan fingerprint density at radius 1 is 1.11 bits per heavy atom. The molecule has 4 aromatic rings. The summed E-state index contributed by atoms with van der Waals surface area (Å²) >= 11 is 1.33. The summed E-state index contributed by atoms with van der Waals surface area (Å²) in [5.41, 5.74) is 2.19. The summed E-state index contributed by atoms with van der Waals surface area (Å²) in [5.74, 6) is -2.10. The topological polar surface area (TPSA) is 84.7 Å². The summed E-state index contributed by atoms with van der Waals surface area (Å²) in [6.45, 7) is 5.41. The van der Waals surface area contributed by atoms with Gasteiger partial charge in [0.2, 0.25) is 0 Å². The molecular formula is C26H23F3N4OS3. The molecule has 1 N–H and O–H groups in total. The molecule has 0 saturated carbocycles. The highest BCUT2D eigenvalue weighted by atomic mass is 32.2. The van der Waals surface area contributed by atoms with Crippen molar-refractivity contribution >= 4 is 44.8 Å². The highest BCUT2D eigenvalue weighted by molar-refractivity contribution is 8.00. The van der Waals surface area contributed by atoms with Gasteiger partial charge in [-0.3, -0.25) is 0 Å². The van der Waals surface area contributed by atoms with Gasteiger partial charge < -0.3 is 4.55 Å². The number of nitriles is 1. The van der Waals surface area contributed by atoms with Gasteiger partial charge in [0.05, 0.1) is 22.0 Å². The summed E-state index contributed by atoms with van der Waals surface area (Å²) in [5, 5.41) is 9.39. The zero-order valence-electron chi connectivity index (χ0n) is 20.4. The lowest BCUT2D eigenvalue weighted by molar-refractivity contribution is 0.517. The Kier molecular flexibility index (Phi) is 8.16. The van der Waals surface area contributed by atoms with Crippen LogP contribution in [0.25, 0.3) is 21.5 Å². The highest BCUT2D eigenvalue weighted by Crippen LogP contribution is 2.37. The van der Waals surface area contributed by atoms with Gasteiger partial charge in [-0.15, -0.1) is 16.1 Å². The average Bonchev–Trinajstić information content (AvgIpc) is 3.24. The van der Waals surface area contributed by atoms with Crippen molar-refractivity contribution in [3.63, 3.8) is 0 Å². The number of fused-ring (bicyclic) bond motifs is 1. The van der Waals surface area contributed by atoms with Gasteiger partial charge in [0.25, 0.3) is 0 Å². The van der Waals surface area contributed by atoms with Gasteiger partial charge in [-0.25, -0.2) is 23.1 Å². The minimum absolute atomic E-state index is 0.0633. The van der Waals surface area contributed by atoms with Crippen molar-refractivity contribution in [3.8, 4) is 17.2 Å². The lowest BCUT2D eigenvalue weighted by Crippen LogP contribution is -2.42. The van der Waals surface area contributed by atoms with E-state index in [0.29, 0.717) is 28.0 Å². The Morgan fingerprint density at radius 3 is 2.43 bits per heavy atom. The number of rotatable bonds is 7. The van der Waals surface area contributed by atoms with E-state index in [1.807, 2.05) is 18.4 Å². The van der Waals surface area contributed by atoms with Crippen LogP contribution in [0.3, 0.4) is 0 Å². The van der Waals surface area contributed by atoms with Crippen LogP contribution < -0.4 is 4.72 Å². The van der Waals surface area contributed by atoms with E-state index in [-0.39, 0.29) is 12.0 Å². The molecule has 0 saturated heterocycles. The smallest absolute Gasteiger partial charge is 0.171 e. The van der Waals surface area contributed by atoms with Crippen LogP contribution in [0, 0.1) is 28.8 Å². The molecule has 0 aliphatic carbocycles. The molecule has 0 aliphatic rings. The fraction of sp³-hybridized carbons (Fsp3) is 0.269. The number of benzene rings is 2. The van der Waals surface area contributed by atoms with Crippen molar-refractivity contribution < 1.29 is 17.7 Å². The quantitative estimate of drug-likeness (QED) is 0.200. The molecule has 0 bridgehead atoms. The maximum Gasteiger partial charge on any atom is 0.171 e. The lowest BCUT2D eigenvalue weighted by Gasteiger charge is -2.28. The van der Waals surface area contributed by atoms with Crippen molar-refractivity contribution in [1.29, 1.82) is 5.26 Å². The zero-order valence-corrected chi connectivity index (χ0v) is 22.9.